The molecule has 0 unspecified atom stereocenters. The molecule has 4 heteroatoms. The monoisotopic (exact) mass is 294 g/mol. The Kier molecular flexibility index (Phi) is 6.48. The van der Waals surface area contributed by atoms with Gasteiger partial charge in [-0.2, -0.15) is 0 Å². The minimum Gasteiger partial charge on any atom is -0.377 e. The molecular formula is C16H23ClN2O. The number of allylic oxidation sites excluding steroid dienone is 1. The average Bonchev–Trinajstić information content (AvgIpc) is 2.49. The Morgan fingerprint density at radius 1 is 1.25 bits per heavy atom. The van der Waals surface area contributed by atoms with Crippen molar-refractivity contribution in [2.45, 2.75) is 51.6 Å². The summed E-state index contributed by atoms with van der Waals surface area (Å²) in [6.07, 6.45) is 11.6. The van der Waals surface area contributed by atoms with E-state index < -0.39 is 0 Å². The lowest BCUT2D eigenvalue weighted by molar-refractivity contribution is 0.121. The summed E-state index contributed by atoms with van der Waals surface area (Å²) in [4.78, 5) is 9.03. The highest BCUT2D eigenvalue weighted by molar-refractivity contribution is 6.25. The van der Waals surface area contributed by atoms with E-state index in [2.05, 4.69) is 23.0 Å². The smallest absolute Gasteiger partial charge is 0.131 e. The SMILES string of the molecule is CCCOCc1cnc([C@H]2CC[C@H](/C=C/Cl)CC2)nc1. The van der Waals surface area contributed by atoms with Crippen LogP contribution in [0.15, 0.2) is 24.0 Å². The Morgan fingerprint density at radius 3 is 2.55 bits per heavy atom. The van der Waals surface area contributed by atoms with E-state index in [9.17, 15) is 0 Å². The normalized spacial score (nSPS) is 23.3. The van der Waals surface area contributed by atoms with Gasteiger partial charge in [-0.05, 0) is 38.0 Å². The number of rotatable bonds is 6. The first-order valence-corrected chi connectivity index (χ1v) is 7.92. The number of hydrogen-bond donors (Lipinski definition) is 0. The third-order valence-electron chi connectivity index (χ3n) is 3.82. The molecule has 1 heterocycles. The van der Waals surface area contributed by atoms with Crippen molar-refractivity contribution in [2.75, 3.05) is 6.61 Å². The molecule has 0 atom stereocenters. The lowest BCUT2D eigenvalue weighted by atomic mass is 9.82. The second-order valence-corrected chi connectivity index (χ2v) is 5.68. The molecule has 0 amide bonds. The Bertz CT molecular complexity index is 411. The largest absolute Gasteiger partial charge is 0.377 e. The van der Waals surface area contributed by atoms with E-state index in [-0.39, 0.29) is 0 Å². The van der Waals surface area contributed by atoms with Crippen LogP contribution < -0.4 is 0 Å². The highest BCUT2D eigenvalue weighted by Gasteiger charge is 2.22. The van der Waals surface area contributed by atoms with Gasteiger partial charge in [0.1, 0.15) is 5.82 Å². The Balaban J connectivity index is 1.84. The maximum Gasteiger partial charge on any atom is 0.131 e. The molecule has 1 aliphatic rings. The van der Waals surface area contributed by atoms with E-state index in [4.69, 9.17) is 16.3 Å². The predicted octanol–water partition coefficient (Wildman–Crippen LogP) is 4.43. The van der Waals surface area contributed by atoms with Crippen LogP contribution in [0.4, 0.5) is 0 Å². The molecule has 110 valence electrons. The minimum absolute atomic E-state index is 0.501. The molecule has 0 saturated heterocycles. The van der Waals surface area contributed by atoms with Crippen molar-refractivity contribution < 1.29 is 4.74 Å². The van der Waals surface area contributed by atoms with Gasteiger partial charge in [0.2, 0.25) is 0 Å². The van der Waals surface area contributed by atoms with E-state index in [0.717, 1.165) is 37.3 Å². The first-order valence-electron chi connectivity index (χ1n) is 7.49. The average molecular weight is 295 g/mol. The summed E-state index contributed by atoms with van der Waals surface area (Å²) in [7, 11) is 0. The third-order valence-corrected chi connectivity index (χ3v) is 3.97. The molecule has 1 aromatic rings. The summed E-state index contributed by atoms with van der Waals surface area (Å²) in [6, 6.07) is 0. The minimum atomic E-state index is 0.501. The highest BCUT2D eigenvalue weighted by atomic mass is 35.5. The van der Waals surface area contributed by atoms with Gasteiger partial charge in [-0.25, -0.2) is 9.97 Å². The van der Waals surface area contributed by atoms with Crippen molar-refractivity contribution in [3.05, 3.63) is 35.4 Å². The number of halogens is 1. The zero-order chi connectivity index (χ0) is 14.2. The van der Waals surface area contributed by atoms with Crippen LogP contribution in [0.2, 0.25) is 0 Å². The quantitative estimate of drug-likeness (QED) is 0.728. The Hall–Kier alpha value is -0.930. The molecule has 0 spiro atoms. The maximum atomic E-state index is 5.64. The molecule has 0 radical (unpaired) electrons. The van der Waals surface area contributed by atoms with Crippen LogP contribution in [-0.4, -0.2) is 16.6 Å². The fourth-order valence-electron chi connectivity index (χ4n) is 2.66. The van der Waals surface area contributed by atoms with Gasteiger partial charge in [0.05, 0.1) is 6.61 Å². The summed E-state index contributed by atoms with van der Waals surface area (Å²) in [5.74, 6) is 2.11. The van der Waals surface area contributed by atoms with Crippen molar-refractivity contribution in [3.8, 4) is 0 Å². The molecule has 1 fully saturated rings. The van der Waals surface area contributed by atoms with E-state index >= 15 is 0 Å². The molecular weight excluding hydrogens is 272 g/mol. The standard InChI is InChI=1S/C16H23ClN2O/c1-2-9-20-12-14-10-18-16(19-11-14)15-5-3-13(4-6-15)7-8-17/h7-8,10-11,13,15H,2-6,9,12H2,1H3/b8-7+/t13-,15-. The van der Waals surface area contributed by atoms with Crippen LogP contribution in [-0.2, 0) is 11.3 Å². The van der Waals surface area contributed by atoms with Crippen LogP contribution in [0.5, 0.6) is 0 Å². The lowest BCUT2D eigenvalue weighted by Crippen LogP contribution is -2.14. The molecule has 0 N–H and O–H groups in total. The maximum absolute atomic E-state index is 5.64. The van der Waals surface area contributed by atoms with Gasteiger partial charge in [0.15, 0.2) is 0 Å². The van der Waals surface area contributed by atoms with Crippen LogP contribution in [0.1, 0.15) is 56.3 Å². The van der Waals surface area contributed by atoms with E-state index in [1.54, 1.807) is 5.54 Å². The number of hydrogen-bond acceptors (Lipinski definition) is 3. The van der Waals surface area contributed by atoms with Crippen LogP contribution >= 0.6 is 11.6 Å². The fraction of sp³-hybridized carbons (Fsp3) is 0.625. The zero-order valence-corrected chi connectivity index (χ0v) is 12.9. The lowest BCUT2D eigenvalue weighted by Gasteiger charge is -2.25. The topological polar surface area (TPSA) is 35.0 Å². The van der Waals surface area contributed by atoms with Crippen LogP contribution in [0.3, 0.4) is 0 Å². The summed E-state index contributed by atoms with van der Waals surface area (Å²) in [5.41, 5.74) is 2.70. The van der Waals surface area contributed by atoms with Crippen molar-refractivity contribution >= 4 is 11.6 Å². The van der Waals surface area contributed by atoms with Crippen molar-refractivity contribution in [1.82, 2.24) is 9.97 Å². The molecule has 2 rings (SSSR count). The molecule has 20 heavy (non-hydrogen) atoms. The van der Waals surface area contributed by atoms with E-state index in [1.165, 1.54) is 12.8 Å². The number of aromatic nitrogens is 2. The van der Waals surface area contributed by atoms with Gasteiger partial charge in [-0.3, -0.25) is 0 Å². The number of ether oxygens (including phenoxy) is 1. The second kappa shape index (κ2) is 8.38. The van der Waals surface area contributed by atoms with Gasteiger partial charge >= 0.3 is 0 Å². The molecule has 0 aliphatic heterocycles. The molecule has 0 aromatic carbocycles. The molecule has 1 saturated carbocycles. The van der Waals surface area contributed by atoms with Crippen LogP contribution in [0.25, 0.3) is 0 Å². The molecule has 3 nitrogen and oxygen atoms in total. The van der Waals surface area contributed by atoms with Crippen molar-refractivity contribution in [3.63, 3.8) is 0 Å². The predicted molar refractivity (Wildman–Crippen MR) is 81.7 cm³/mol. The van der Waals surface area contributed by atoms with E-state index in [0.29, 0.717) is 18.4 Å². The highest BCUT2D eigenvalue weighted by Crippen LogP contribution is 2.34. The zero-order valence-electron chi connectivity index (χ0n) is 12.1. The summed E-state index contributed by atoms with van der Waals surface area (Å²) < 4.78 is 5.50. The van der Waals surface area contributed by atoms with Crippen molar-refractivity contribution in [2.24, 2.45) is 5.92 Å². The van der Waals surface area contributed by atoms with E-state index in [1.807, 2.05) is 12.4 Å². The second-order valence-electron chi connectivity index (χ2n) is 5.43. The summed E-state index contributed by atoms with van der Waals surface area (Å²) >= 11 is 5.64. The van der Waals surface area contributed by atoms with Gasteiger partial charge in [0, 0.05) is 36.0 Å². The number of nitrogens with zero attached hydrogens (tertiary/aromatic N) is 2. The summed E-state index contributed by atoms with van der Waals surface area (Å²) in [5, 5.41) is 0. The summed E-state index contributed by atoms with van der Waals surface area (Å²) in [6.45, 7) is 3.51. The molecule has 1 aliphatic carbocycles. The van der Waals surface area contributed by atoms with Gasteiger partial charge < -0.3 is 4.74 Å². The molecule has 1 aromatic heterocycles. The Morgan fingerprint density at radius 2 is 1.95 bits per heavy atom. The van der Waals surface area contributed by atoms with Crippen LogP contribution in [0, 0.1) is 5.92 Å². The fourth-order valence-corrected chi connectivity index (χ4v) is 2.86. The third kappa shape index (κ3) is 4.57. The first-order chi connectivity index (χ1) is 9.83. The molecule has 0 bridgehead atoms. The van der Waals surface area contributed by atoms with Crippen molar-refractivity contribution in [1.29, 1.82) is 0 Å². The Labute approximate surface area is 126 Å². The van der Waals surface area contributed by atoms with Gasteiger partial charge in [-0.15, -0.1) is 0 Å². The van der Waals surface area contributed by atoms with Gasteiger partial charge in [-0.1, -0.05) is 24.6 Å². The first kappa shape index (κ1) is 15.5. The van der Waals surface area contributed by atoms with Gasteiger partial charge in [0.25, 0.3) is 0 Å².